The number of ether oxygens (including phenoxy) is 1. The third kappa shape index (κ3) is 5.15. The third-order valence-corrected chi connectivity index (χ3v) is 6.70. The van der Waals surface area contributed by atoms with Crippen LogP contribution in [0.5, 0.6) is 0 Å². The summed E-state index contributed by atoms with van der Waals surface area (Å²) >= 11 is 12.3. The summed E-state index contributed by atoms with van der Waals surface area (Å²) in [4.78, 5) is 38.3. The molecule has 0 radical (unpaired) electrons. The molecule has 1 N–H and O–H groups in total. The van der Waals surface area contributed by atoms with Crippen molar-refractivity contribution in [3.8, 4) is 11.1 Å². The van der Waals surface area contributed by atoms with Gasteiger partial charge in [0.15, 0.2) is 0 Å². The Hall–Kier alpha value is -3.61. The quantitative estimate of drug-likeness (QED) is 0.347. The van der Waals surface area contributed by atoms with Crippen molar-refractivity contribution < 1.29 is 14.3 Å². The van der Waals surface area contributed by atoms with Gasteiger partial charge in [0.25, 0.3) is 11.5 Å². The number of methoxy groups -OCH3 is 1. The Morgan fingerprint density at radius 1 is 1.00 bits per heavy atom. The van der Waals surface area contributed by atoms with E-state index in [9.17, 15) is 14.4 Å². The minimum Gasteiger partial charge on any atom is -0.467 e. The molecule has 0 saturated carbocycles. The Morgan fingerprint density at radius 3 is 2.31 bits per heavy atom. The van der Waals surface area contributed by atoms with Gasteiger partial charge in [0, 0.05) is 19.0 Å². The molecule has 8 heteroatoms. The predicted octanol–water partition coefficient (Wildman–Crippen LogP) is 5.33. The molecule has 6 nitrogen and oxygen atoms in total. The van der Waals surface area contributed by atoms with Crippen LogP contribution in [0.3, 0.4) is 0 Å². The molecule has 0 fully saturated rings. The number of halogens is 2. The van der Waals surface area contributed by atoms with Crippen molar-refractivity contribution in [1.82, 2.24) is 9.88 Å². The molecule has 0 bridgehead atoms. The van der Waals surface area contributed by atoms with Crippen molar-refractivity contribution >= 4 is 46.0 Å². The van der Waals surface area contributed by atoms with Gasteiger partial charge in [-0.3, -0.25) is 9.59 Å². The van der Waals surface area contributed by atoms with Crippen LogP contribution in [0.25, 0.3) is 22.0 Å². The minimum absolute atomic E-state index is 0.0902. The highest BCUT2D eigenvalue weighted by molar-refractivity contribution is 6.39. The van der Waals surface area contributed by atoms with Gasteiger partial charge in [0.1, 0.15) is 6.04 Å². The number of rotatable bonds is 6. The fraction of sp³-hybridized carbons (Fsp3) is 0.179. The molecule has 0 saturated heterocycles. The number of nitrogens with zero attached hydrogens (tertiary/aromatic N) is 1. The number of carbonyl (C=O) groups excluding carboxylic acids is 2. The minimum atomic E-state index is -0.961. The molecule has 1 atom stereocenters. The van der Waals surface area contributed by atoms with Crippen LogP contribution >= 0.6 is 23.2 Å². The number of pyridine rings is 1. The lowest BCUT2D eigenvalue weighted by atomic mass is 9.99. The molecule has 0 spiro atoms. The Labute approximate surface area is 218 Å². The number of aryl methyl sites for hydroxylation is 2. The molecule has 0 aliphatic rings. The molecule has 1 heterocycles. The fourth-order valence-corrected chi connectivity index (χ4v) is 4.69. The molecule has 36 heavy (non-hydrogen) atoms. The fourth-order valence-electron chi connectivity index (χ4n) is 4.12. The van der Waals surface area contributed by atoms with E-state index in [1.807, 2.05) is 55.5 Å². The van der Waals surface area contributed by atoms with Crippen LogP contribution in [0.15, 0.2) is 71.5 Å². The maximum absolute atomic E-state index is 13.0. The average Bonchev–Trinajstić information content (AvgIpc) is 2.86. The summed E-state index contributed by atoms with van der Waals surface area (Å²) in [5, 5.41) is 3.99. The van der Waals surface area contributed by atoms with Crippen molar-refractivity contribution in [3.05, 3.63) is 104 Å². The summed E-state index contributed by atoms with van der Waals surface area (Å²) in [5.74, 6) is -1.18. The van der Waals surface area contributed by atoms with Gasteiger partial charge in [-0.05, 0) is 53.3 Å². The van der Waals surface area contributed by atoms with E-state index < -0.39 is 17.9 Å². The van der Waals surface area contributed by atoms with Crippen LogP contribution in [0.4, 0.5) is 0 Å². The second-order valence-electron chi connectivity index (χ2n) is 8.53. The van der Waals surface area contributed by atoms with E-state index in [-0.39, 0.29) is 27.6 Å². The Balaban J connectivity index is 1.60. The van der Waals surface area contributed by atoms with Crippen LogP contribution in [-0.2, 0) is 23.0 Å². The highest BCUT2D eigenvalue weighted by Gasteiger charge is 2.25. The van der Waals surface area contributed by atoms with Gasteiger partial charge in [-0.25, -0.2) is 4.79 Å². The summed E-state index contributed by atoms with van der Waals surface area (Å²) < 4.78 is 6.54. The van der Waals surface area contributed by atoms with Crippen LogP contribution < -0.4 is 10.9 Å². The van der Waals surface area contributed by atoms with E-state index >= 15 is 0 Å². The second-order valence-corrected chi connectivity index (χ2v) is 9.35. The molecule has 0 aliphatic heterocycles. The normalized spacial score (nSPS) is 11.8. The van der Waals surface area contributed by atoms with E-state index in [1.54, 1.807) is 29.8 Å². The second kappa shape index (κ2) is 10.6. The molecule has 184 valence electrons. The number of aromatic nitrogens is 1. The molecule has 4 rings (SSSR count). The number of hydrogen-bond donors (Lipinski definition) is 1. The molecular weight excluding hydrogens is 499 g/mol. The molecular formula is C28H24Cl2N2O4. The monoisotopic (exact) mass is 522 g/mol. The number of carbonyl (C=O) groups is 2. The van der Waals surface area contributed by atoms with Gasteiger partial charge < -0.3 is 14.6 Å². The van der Waals surface area contributed by atoms with E-state index in [2.05, 4.69) is 5.32 Å². The first kappa shape index (κ1) is 25.5. The van der Waals surface area contributed by atoms with Crippen molar-refractivity contribution in [2.24, 2.45) is 7.05 Å². The molecule has 3 aromatic carbocycles. The lowest BCUT2D eigenvalue weighted by molar-refractivity contribution is -0.142. The zero-order valence-corrected chi connectivity index (χ0v) is 21.5. The topological polar surface area (TPSA) is 77.4 Å². The number of nitrogens with one attached hydrogen (secondary N) is 1. The van der Waals surface area contributed by atoms with Gasteiger partial charge in [-0.15, -0.1) is 0 Å². The Kier molecular flexibility index (Phi) is 7.48. The highest BCUT2D eigenvalue weighted by atomic mass is 35.5. The lowest BCUT2D eigenvalue weighted by Gasteiger charge is -2.18. The molecule has 0 unspecified atom stereocenters. The van der Waals surface area contributed by atoms with Crippen LogP contribution in [0.1, 0.15) is 21.5 Å². The summed E-state index contributed by atoms with van der Waals surface area (Å²) in [6, 6.07) is 18.9. The number of esters is 1. The largest absolute Gasteiger partial charge is 0.467 e. The first-order chi connectivity index (χ1) is 17.2. The zero-order chi connectivity index (χ0) is 26.0. The maximum atomic E-state index is 13.0. The summed E-state index contributed by atoms with van der Waals surface area (Å²) in [7, 11) is 3.01. The number of benzene rings is 3. The maximum Gasteiger partial charge on any atom is 0.328 e. The first-order valence-electron chi connectivity index (χ1n) is 11.2. The molecule has 4 aromatic rings. The summed E-state index contributed by atoms with van der Waals surface area (Å²) in [6.07, 6.45) is 0.176. The van der Waals surface area contributed by atoms with Gasteiger partial charge in [0.2, 0.25) is 0 Å². The van der Waals surface area contributed by atoms with Gasteiger partial charge in [-0.1, -0.05) is 65.7 Å². The number of fused-ring (bicyclic) bond motifs is 1. The van der Waals surface area contributed by atoms with E-state index in [0.29, 0.717) is 5.56 Å². The van der Waals surface area contributed by atoms with Gasteiger partial charge in [-0.2, -0.15) is 0 Å². The average molecular weight is 523 g/mol. The van der Waals surface area contributed by atoms with Crippen LogP contribution in [0, 0.1) is 6.92 Å². The van der Waals surface area contributed by atoms with Crippen molar-refractivity contribution in [3.63, 3.8) is 0 Å². The SMILES string of the molecule is COC(=O)[C@H](Cc1ccc(-c2cc3ccc(C)cc3n(C)c2=O)cc1)NC(=O)c1c(Cl)cccc1Cl. The lowest BCUT2D eigenvalue weighted by Crippen LogP contribution is -2.43. The van der Waals surface area contributed by atoms with Crippen molar-refractivity contribution in [2.45, 2.75) is 19.4 Å². The molecule has 1 aromatic heterocycles. The van der Waals surface area contributed by atoms with Gasteiger partial charge >= 0.3 is 5.97 Å². The Morgan fingerprint density at radius 2 is 1.67 bits per heavy atom. The van der Waals surface area contributed by atoms with Crippen LogP contribution in [0.2, 0.25) is 10.0 Å². The van der Waals surface area contributed by atoms with E-state index in [4.69, 9.17) is 27.9 Å². The number of hydrogen-bond acceptors (Lipinski definition) is 4. The first-order valence-corrected chi connectivity index (χ1v) is 12.0. The third-order valence-electron chi connectivity index (χ3n) is 6.07. The smallest absolute Gasteiger partial charge is 0.328 e. The zero-order valence-electron chi connectivity index (χ0n) is 20.0. The molecule has 0 aliphatic carbocycles. The van der Waals surface area contributed by atoms with Crippen molar-refractivity contribution in [1.29, 1.82) is 0 Å². The molecule has 1 amide bonds. The Bertz CT molecular complexity index is 1510. The summed E-state index contributed by atoms with van der Waals surface area (Å²) in [5.41, 5.74) is 4.04. The van der Waals surface area contributed by atoms with Gasteiger partial charge in [0.05, 0.1) is 28.2 Å². The predicted molar refractivity (Wildman–Crippen MR) is 143 cm³/mol. The highest BCUT2D eigenvalue weighted by Crippen LogP contribution is 2.25. The standard InChI is InChI=1S/C28H24Cl2N2O4/c1-16-7-10-19-15-20(27(34)32(2)24(19)13-16)18-11-8-17(9-12-18)14-23(28(35)36-3)31-26(33)25-21(29)5-4-6-22(25)30/h4-13,15,23H,14H2,1-3H3,(H,31,33)/t23-/m0/s1. The number of amides is 1. The summed E-state index contributed by atoms with van der Waals surface area (Å²) in [6.45, 7) is 1.99. The van der Waals surface area contributed by atoms with E-state index in [1.165, 1.54) is 7.11 Å². The van der Waals surface area contributed by atoms with Crippen LogP contribution in [-0.4, -0.2) is 29.6 Å². The van der Waals surface area contributed by atoms with E-state index in [0.717, 1.165) is 27.6 Å². The van der Waals surface area contributed by atoms with Crippen molar-refractivity contribution in [2.75, 3.05) is 7.11 Å².